The normalized spacial score (nSPS) is 17.1. The summed E-state index contributed by atoms with van der Waals surface area (Å²) in [5, 5.41) is 10.8. The summed E-state index contributed by atoms with van der Waals surface area (Å²) in [6, 6.07) is 14.9. The lowest BCUT2D eigenvalue weighted by molar-refractivity contribution is -0.384. The highest BCUT2D eigenvalue weighted by Crippen LogP contribution is 2.36. The standard InChI is InChI=1S/C15H15N3O2/c16-14-10-17(9-11-4-2-1-3-5-11)15-7-6-12(18(19)20)8-13(14)15/h1-8,14H,9-10,16H2/t14-/m1/s1. The monoisotopic (exact) mass is 269 g/mol. The second-order valence-corrected chi connectivity index (χ2v) is 4.97. The first kappa shape index (κ1) is 12.6. The van der Waals surface area contributed by atoms with Gasteiger partial charge in [-0.05, 0) is 11.6 Å². The van der Waals surface area contributed by atoms with Crippen molar-refractivity contribution >= 4 is 11.4 Å². The molecule has 0 aliphatic carbocycles. The highest BCUT2D eigenvalue weighted by Gasteiger charge is 2.27. The van der Waals surface area contributed by atoms with Crippen LogP contribution in [0.25, 0.3) is 0 Å². The van der Waals surface area contributed by atoms with Crippen LogP contribution in [-0.4, -0.2) is 11.5 Å². The number of rotatable bonds is 3. The van der Waals surface area contributed by atoms with Crippen LogP contribution in [0.1, 0.15) is 17.2 Å². The van der Waals surface area contributed by atoms with Crippen LogP contribution in [-0.2, 0) is 6.54 Å². The molecule has 5 heteroatoms. The van der Waals surface area contributed by atoms with Gasteiger partial charge >= 0.3 is 0 Å². The molecule has 5 nitrogen and oxygen atoms in total. The van der Waals surface area contributed by atoms with Gasteiger partial charge in [-0.3, -0.25) is 10.1 Å². The van der Waals surface area contributed by atoms with Gasteiger partial charge in [-0.2, -0.15) is 0 Å². The highest BCUT2D eigenvalue weighted by molar-refractivity contribution is 5.63. The number of nitrogens with zero attached hydrogens (tertiary/aromatic N) is 2. The minimum Gasteiger partial charge on any atom is -0.365 e. The molecule has 0 unspecified atom stereocenters. The first-order valence-corrected chi connectivity index (χ1v) is 6.48. The zero-order valence-electron chi connectivity index (χ0n) is 10.9. The molecule has 1 heterocycles. The van der Waals surface area contributed by atoms with Crippen LogP contribution in [0.4, 0.5) is 11.4 Å². The van der Waals surface area contributed by atoms with Gasteiger partial charge in [-0.1, -0.05) is 30.3 Å². The van der Waals surface area contributed by atoms with E-state index in [1.807, 2.05) is 18.2 Å². The Hall–Kier alpha value is -2.40. The molecule has 0 spiro atoms. The van der Waals surface area contributed by atoms with E-state index < -0.39 is 0 Å². The van der Waals surface area contributed by atoms with E-state index in [0.29, 0.717) is 6.54 Å². The molecule has 0 saturated heterocycles. The van der Waals surface area contributed by atoms with Crippen LogP contribution in [0.15, 0.2) is 48.5 Å². The Labute approximate surface area is 116 Å². The predicted molar refractivity (Wildman–Crippen MR) is 77.5 cm³/mol. The van der Waals surface area contributed by atoms with E-state index in [2.05, 4.69) is 17.0 Å². The van der Waals surface area contributed by atoms with Crippen molar-refractivity contribution in [3.63, 3.8) is 0 Å². The van der Waals surface area contributed by atoms with Gasteiger partial charge in [0.25, 0.3) is 5.69 Å². The highest BCUT2D eigenvalue weighted by atomic mass is 16.6. The lowest BCUT2D eigenvalue weighted by atomic mass is 10.1. The van der Waals surface area contributed by atoms with Crippen LogP contribution in [0.5, 0.6) is 0 Å². The van der Waals surface area contributed by atoms with Gasteiger partial charge in [0, 0.05) is 42.5 Å². The Morgan fingerprint density at radius 3 is 2.70 bits per heavy atom. The summed E-state index contributed by atoms with van der Waals surface area (Å²) in [5.41, 5.74) is 9.24. The third kappa shape index (κ3) is 2.23. The number of nitro benzene ring substituents is 1. The lowest BCUT2D eigenvalue weighted by Crippen LogP contribution is -2.23. The summed E-state index contributed by atoms with van der Waals surface area (Å²) >= 11 is 0. The van der Waals surface area contributed by atoms with Gasteiger partial charge in [0.05, 0.1) is 4.92 Å². The second-order valence-electron chi connectivity index (χ2n) is 4.97. The van der Waals surface area contributed by atoms with E-state index in [0.717, 1.165) is 17.8 Å². The van der Waals surface area contributed by atoms with Gasteiger partial charge in [-0.15, -0.1) is 0 Å². The van der Waals surface area contributed by atoms with Crippen LogP contribution in [0.3, 0.4) is 0 Å². The van der Waals surface area contributed by atoms with Crippen LogP contribution < -0.4 is 10.6 Å². The Kier molecular flexibility index (Phi) is 3.12. The molecule has 0 fully saturated rings. The van der Waals surface area contributed by atoms with E-state index >= 15 is 0 Å². The minimum atomic E-state index is -0.382. The van der Waals surface area contributed by atoms with E-state index in [4.69, 9.17) is 5.73 Å². The Morgan fingerprint density at radius 1 is 1.25 bits per heavy atom. The lowest BCUT2D eigenvalue weighted by Gasteiger charge is -2.19. The summed E-state index contributed by atoms with van der Waals surface area (Å²) in [4.78, 5) is 12.6. The smallest absolute Gasteiger partial charge is 0.269 e. The zero-order valence-corrected chi connectivity index (χ0v) is 10.9. The molecule has 1 aliphatic rings. The number of anilines is 1. The number of hydrogen-bond acceptors (Lipinski definition) is 4. The van der Waals surface area contributed by atoms with E-state index in [1.165, 1.54) is 11.6 Å². The molecule has 1 aliphatic heterocycles. The molecule has 0 amide bonds. The van der Waals surface area contributed by atoms with Gasteiger partial charge in [0.15, 0.2) is 0 Å². The summed E-state index contributed by atoms with van der Waals surface area (Å²) in [6.07, 6.45) is 0. The average molecular weight is 269 g/mol. The Morgan fingerprint density at radius 2 is 2.00 bits per heavy atom. The molecule has 102 valence electrons. The fourth-order valence-corrected chi connectivity index (χ4v) is 2.63. The third-order valence-corrected chi connectivity index (χ3v) is 3.60. The van der Waals surface area contributed by atoms with Gasteiger partial charge in [0.2, 0.25) is 0 Å². The maximum Gasteiger partial charge on any atom is 0.269 e. The maximum absolute atomic E-state index is 10.8. The van der Waals surface area contributed by atoms with Crippen LogP contribution in [0.2, 0.25) is 0 Å². The summed E-state index contributed by atoms with van der Waals surface area (Å²) in [5.74, 6) is 0. The van der Waals surface area contributed by atoms with E-state index in [1.54, 1.807) is 12.1 Å². The number of non-ortho nitro benzene ring substituents is 1. The molecule has 0 saturated carbocycles. The summed E-state index contributed by atoms with van der Waals surface area (Å²) in [6.45, 7) is 1.45. The number of fused-ring (bicyclic) bond motifs is 1. The molecule has 20 heavy (non-hydrogen) atoms. The van der Waals surface area contributed by atoms with E-state index in [9.17, 15) is 10.1 Å². The van der Waals surface area contributed by atoms with Gasteiger partial charge < -0.3 is 10.6 Å². The minimum absolute atomic E-state index is 0.0979. The molecule has 3 rings (SSSR count). The topological polar surface area (TPSA) is 72.4 Å². The molecular weight excluding hydrogens is 254 g/mol. The maximum atomic E-state index is 10.8. The first-order valence-electron chi connectivity index (χ1n) is 6.48. The Bertz CT molecular complexity index is 643. The molecular formula is C15H15N3O2. The van der Waals surface area contributed by atoms with Crippen molar-refractivity contribution in [1.82, 2.24) is 0 Å². The molecule has 0 radical (unpaired) electrons. The molecule has 2 aromatic carbocycles. The average Bonchev–Trinajstić information content (AvgIpc) is 2.76. The Balaban J connectivity index is 1.90. The van der Waals surface area contributed by atoms with Crippen LogP contribution >= 0.6 is 0 Å². The predicted octanol–water partition coefficient (Wildman–Crippen LogP) is 2.61. The van der Waals surface area contributed by atoms with E-state index in [-0.39, 0.29) is 16.7 Å². The van der Waals surface area contributed by atoms with Crippen molar-refractivity contribution in [2.24, 2.45) is 5.73 Å². The quantitative estimate of drug-likeness (QED) is 0.686. The third-order valence-electron chi connectivity index (χ3n) is 3.60. The molecule has 0 aromatic heterocycles. The first-order chi connectivity index (χ1) is 9.65. The molecule has 1 atom stereocenters. The SMILES string of the molecule is N[C@@H]1CN(Cc2ccccc2)c2ccc([N+](=O)[O-])cc21. The van der Waals surface area contributed by atoms with Gasteiger partial charge in [-0.25, -0.2) is 0 Å². The molecule has 2 N–H and O–H groups in total. The van der Waals surface area contributed by atoms with Crippen molar-refractivity contribution in [1.29, 1.82) is 0 Å². The molecule has 2 aromatic rings. The van der Waals surface area contributed by atoms with Crippen molar-refractivity contribution < 1.29 is 4.92 Å². The number of nitrogens with two attached hydrogens (primary N) is 1. The van der Waals surface area contributed by atoms with Crippen LogP contribution in [0, 0.1) is 10.1 Å². The number of hydrogen-bond donors (Lipinski definition) is 1. The fourth-order valence-electron chi connectivity index (χ4n) is 2.63. The van der Waals surface area contributed by atoms with Gasteiger partial charge in [0.1, 0.15) is 0 Å². The van der Waals surface area contributed by atoms with Crippen molar-refractivity contribution in [2.75, 3.05) is 11.4 Å². The zero-order chi connectivity index (χ0) is 14.1. The largest absolute Gasteiger partial charge is 0.365 e. The van der Waals surface area contributed by atoms with Crippen molar-refractivity contribution in [3.05, 3.63) is 69.8 Å². The summed E-state index contributed by atoms with van der Waals surface area (Å²) in [7, 11) is 0. The number of benzene rings is 2. The van der Waals surface area contributed by atoms with Crippen molar-refractivity contribution in [2.45, 2.75) is 12.6 Å². The number of nitro groups is 1. The second kappa shape index (κ2) is 4.94. The van der Waals surface area contributed by atoms with Crippen molar-refractivity contribution in [3.8, 4) is 0 Å². The molecule has 0 bridgehead atoms. The fraction of sp³-hybridized carbons (Fsp3) is 0.200. The summed E-state index contributed by atoms with van der Waals surface area (Å²) < 4.78 is 0.